The molecule has 1 saturated carbocycles. The standard InChI is InChI=1S/C15H27N3/c1-5-12-10-13(18(4)17-12)11-15(16)8-6-14(2,3)7-9-15/h10H,5-9,11,16H2,1-4H3. The van der Waals surface area contributed by atoms with Crippen LogP contribution in [0.15, 0.2) is 6.07 Å². The number of hydrogen-bond donors (Lipinski definition) is 1. The first-order chi connectivity index (χ1) is 8.34. The summed E-state index contributed by atoms with van der Waals surface area (Å²) in [7, 11) is 2.03. The summed E-state index contributed by atoms with van der Waals surface area (Å²) in [6, 6.07) is 2.22. The molecule has 0 aromatic carbocycles. The maximum Gasteiger partial charge on any atom is 0.0624 e. The quantitative estimate of drug-likeness (QED) is 0.895. The van der Waals surface area contributed by atoms with Crippen LogP contribution in [0.2, 0.25) is 0 Å². The van der Waals surface area contributed by atoms with E-state index in [1.165, 1.54) is 24.2 Å². The molecule has 102 valence electrons. The summed E-state index contributed by atoms with van der Waals surface area (Å²) >= 11 is 0. The molecule has 0 radical (unpaired) electrons. The molecule has 3 nitrogen and oxygen atoms in total. The molecule has 0 bridgehead atoms. The van der Waals surface area contributed by atoms with Crippen LogP contribution >= 0.6 is 0 Å². The molecule has 0 unspecified atom stereocenters. The fourth-order valence-electron chi connectivity index (χ4n) is 2.87. The van der Waals surface area contributed by atoms with Crippen LogP contribution in [0.3, 0.4) is 0 Å². The number of hydrogen-bond acceptors (Lipinski definition) is 2. The van der Waals surface area contributed by atoms with E-state index >= 15 is 0 Å². The van der Waals surface area contributed by atoms with Gasteiger partial charge in [0.15, 0.2) is 0 Å². The molecule has 1 heterocycles. The van der Waals surface area contributed by atoms with E-state index in [9.17, 15) is 0 Å². The monoisotopic (exact) mass is 249 g/mol. The number of aryl methyl sites for hydroxylation is 2. The largest absolute Gasteiger partial charge is 0.325 e. The normalized spacial score (nSPS) is 22.1. The van der Waals surface area contributed by atoms with Crippen LogP contribution in [0.5, 0.6) is 0 Å². The summed E-state index contributed by atoms with van der Waals surface area (Å²) in [6.07, 6.45) is 6.70. The van der Waals surface area contributed by atoms with E-state index in [4.69, 9.17) is 5.73 Å². The second-order valence-electron chi connectivity index (χ2n) is 6.81. The van der Waals surface area contributed by atoms with E-state index in [-0.39, 0.29) is 5.54 Å². The van der Waals surface area contributed by atoms with E-state index in [1.54, 1.807) is 0 Å². The van der Waals surface area contributed by atoms with Gasteiger partial charge in [-0.05, 0) is 43.6 Å². The molecule has 1 aliphatic rings. The highest BCUT2D eigenvalue weighted by Gasteiger charge is 2.35. The average molecular weight is 249 g/mol. The molecular formula is C15H27N3. The molecule has 1 fully saturated rings. The van der Waals surface area contributed by atoms with Crippen molar-refractivity contribution in [1.29, 1.82) is 0 Å². The van der Waals surface area contributed by atoms with Crippen LogP contribution in [-0.4, -0.2) is 15.3 Å². The fraction of sp³-hybridized carbons (Fsp3) is 0.800. The molecular weight excluding hydrogens is 222 g/mol. The van der Waals surface area contributed by atoms with E-state index in [0.717, 1.165) is 25.7 Å². The Hall–Kier alpha value is -0.830. The lowest BCUT2D eigenvalue weighted by Gasteiger charge is -2.41. The summed E-state index contributed by atoms with van der Waals surface area (Å²) in [6.45, 7) is 6.85. The van der Waals surface area contributed by atoms with Gasteiger partial charge in [0.25, 0.3) is 0 Å². The highest BCUT2D eigenvalue weighted by Crippen LogP contribution is 2.40. The van der Waals surface area contributed by atoms with E-state index in [0.29, 0.717) is 5.41 Å². The van der Waals surface area contributed by atoms with Crippen molar-refractivity contribution in [2.45, 2.75) is 64.8 Å². The van der Waals surface area contributed by atoms with Crippen LogP contribution < -0.4 is 5.73 Å². The number of nitrogens with zero attached hydrogens (tertiary/aromatic N) is 2. The Bertz CT molecular complexity index is 407. The van der Waals surface area contributed by atoms with Crippen molar-refractivity contribution >= 4 is 0 Å². The highest BCUT2D eigenvalue weighted by atomic mass is 15.3. The van der Waals surface area contributed by atoms with Crippen LogP contribution in [0.25, 0.3) is 0 Å². The van der Waals surface area contributed by atoms with Gasteiger partial charge in [-0.2, -0.15) is 5.10 Å². The second kappa shape index (κ2) is 4.69. The first-order valence-corrected chi connectivity index (χ1v) is 7.14. The van der Waals surface area contributed by atoms with Crippen LogP contribution in [0, 0.1) is 5.41 Å². The first kappa shape index (κ1) is 13.6. The fourth-order valence-corrected chi connectivity index (χ4v) is 2.87. The lowest BCUT2D eigenvalue weighted by molar-refractivity contribution is 0.163. The zero-order valence-electron chi connectivity index (χ0n) is 12.3. The summed E-state index contributed by atoms with van der Waals surface area (Å²) in [5.41, 5.74) is 9.51. The third-order valence-corrected chi connectivity index (χ3v) is 4.52. The average Bonchev–Trinajstić information content (AvgIpc) is 2.65. The Morgan fingerprint density at radius 2 is 1.89 bits per heavy atom. The van der Waals surface area contributed by atoms with Crippen molar-refractivity contribution in [2.75, 3.05) is 0 Å². The second-order valence-corrected chi connectivity index (χ2v) is 6.81. The van der Waals surface area contributed by atoms with Crippen molar-refractivity contribution in [3.63, 3.8) is 0 Å². The number of aromatic nitrogens is 2. The zero-order chi connectivity index (χ0) is 13.4. The molecule has 0 spiro atoms. The molecule has 1 aliphatic carbocycles. The zero-order valence-corrected chi connectivity index (χ0v) is 12.3. The molecule has 0 saturated heterocycles. The number of rotatable bonds is 3. The number of nitrogens with two attached hydrogens (primary N) is 1. The van der Waals surface area contributed by atoms with Crippen molar-refractivity contribution < 1.29 is 0 Å². The predicted octanol–water partition coefficient (Wildman–Crippen LogP) is 2.82. The van der Waals surface area contributed by atoms with E-state index in [1.807, 2.05) is 11.7 Å². The Labute approximate surface area is 111 Å². The Kier molecular flexibility index (Phi) is 3.54. The minimum Gasteiger partial charge on any atom is -0.325 e. The van der Waals surface area contributed by atoms with Gasteiger partial charge >= 0.3 is 0 Å². The van der Waals surface area contributed by atoms with Crippen molar-refractivity contribution in [3.05, 3.63) is 17.5 Å². The molecule has 1 aromatic heterocycles. The molecule has 1 aromatic rings. The van der Waals surface area contributed by atoms with Gasteiger partial charge in [-0.3, -0.25) is 4.68 Å². The van der Waals surface area contributed by atoms with Crippen molar-refractivity contribution in [3.8, 4) is 0 Å². The summed E-state index contributed by atoms with van der Waals surface area (Å²) in [5, 5.41) is 4.52. The molecule has 0 atom stereocenters. The minimum absolute atomic E-state index is 0.0195. The SMILES string of the molecule is CCc1cc(CC2(N)CCC(C)(C)CC2)n(C)n1. The molecule has 0 amide bonds. The lowest BCUT2D eigenvalue weighted by Crippen LogP contribution is -2.47. The molecule has 3 heteroatoms. The van der Waals surface area contributed by atoms with Gasteiger partial charge in [0.1, 0.15) is 0 Å². The van der Waals surface area contributed by atoms with Crippen LogP contribution in [0.1, 0.15) is 57.8 Å². The van der Waals surface area contributed by atoms with Crippen LogP contribution in [-0.2, 0) is 19.9 Å². The predicted molar refractivity (Wildman–Crippen MR) is 75.5 cm³/mol. The maximum atomic E-state index is 6.59. The molecule has 2 N–H and O–H groups in total. The van der Waals surface area contributed by atoms with Gasteiger partial charge in [0.2, 0.25) is 0 Å². The van der Waals surface area contributed by atoms with E-state index in [2.05, 4.69) is 31.9 Å². The van der Waals surface area contributed by atoms with Crippen molar-refractivity contribution in [2.24, 2.45) is 18.2 Å². The maximum absolute atomic E-state index is 6.59. The highest BCUT2D eigenvalue weighted by molar-refractivity contribution is 5.14. The smallest absolute Gasteiger partial charge is 0.0624 e. The third kappa shape index (κ3) is 2.94. The Morgan fingerprint density at radius 1 is 1.28 bits per heavy atom. The van der Waals surface area contributed by atoms with Gasteiger partial charge < -0.3 is 5.73 Å². The van der Waals surface area contributed by atoms with Crippen LogP contribution in [0.4, 0.5) is 0 Å². The minimum atomic E-state index is -0.0195. The summed E-state index contributed by atoms with van der Waals surface area (Å²) in [4.78, 5) is 0. The van der Waals surface area contributed by atoms with Gasteiger partial charge in [-0.1, -0.05) is 20.8 Å². The molecule has 2 rings (SSSR count). The summed E-state index contributed by atoms with van der Waals surface area (Å²) in [5.74, 6) is 0. The van der Waals surface area contributed by atoms with E-state index < -0.39 is 0 Å². The topological polar surface area (TPSA) is 43.8 Å². The lowest BCUT2D eigenvalue weighted by atomic mass is 9.68. The van der Waals surface area contributed by atoms with Gasteiger partial charge in [0.05, 0.1) is 5.69 Å². The first-order valence-electron chi connectivity index (χ1n) is 7.14. The van der Waals surface area contributed by atoms with Gasteiger partial charge in [0, 0.05) is 24.7 Å². The molecule has 18 heavy (non-hydrogen) atoms. The Morgan fingerprint density at radius 3 is 2.39 bits per heavy atom. The molecule has 0 aliphatic heterocycles. The van der Waals surface area contributed by atoms with Gasteiger partial charge in [-0.15, -0.1) is 0 Å². The Balaban J connectivity index is 2.06. The van der Waals surface area contributed by atoms with Crippen molar-refractivity contribution in [1.82, 2.24) is 9.78 Å². The van der Waals surface area contributed by atoms with Gasteiger partial charge in [-0.25, -0.2) is 0 Å². The third-order valence-electron chi connectivity index (χ3n) is 4.52. The summed E-state index contributed by atoms with van der Waals surface area (Å²) < 4.78 is 2.01.